The van der Waals surface area contributed by atoms with Crippen LogP contribution in [0.25, 0.3) is 0 Å². The summed E-state index contributed by atoms with van der Waals surface area (Å²) in [4.78, 5) is 15.0. The van der Waals surface area contributed by atoms with Crippen LogP contribution in [0.5, 0.6) is 0 Å². The quantitative estimate of drug-likeness (QED) is 0.809. The molecule has 0 unspecified atom stereocenters. The first-order chi connectivity index (χ1) is 10.4. The second-order valence-corrected chi connectivity index (χ2v) is 5.65. The van der Waals surface area contributed by atoms with Crippen LogP contribution in [0.15, 0.2) is 23.2 Å². The van der Waals surface area contributed by atoms with E-state index >= 15 is 0 Å². The van der Waals surface area contributed by atoms with Gasteiger partial charge >= 0.3 is 6.18 Å². The summed E-state index contributed by atoms with van der Waals surface area (Å²) in [5.74, 6) is -2.38. The van der Waals surface area contributed by atoms with Crippen LogP contribution in [0.1, 0.15) is 29.8 Å². The van der Waals surface area contributed by atoms with Crippen LogP contribution >= 0.6 is 0 Å². The van der Waals surface area contributed by atoms with Crippen LogP contribution in [0, 0.1) is 5.82 Å². The Kier molecular flexibility index (Phi) is 3.88. The maximum absolute atomic E-state index is 14.1. The van der Waals surface area contributed by atoms with Gasteiger partial charge in [0.1, 0.15) is 17.2 Å². The fourth-order valence-corrected chi connectivity index (χ4v) is 2.22. The number of hydrogen-bond acceptors (Lipinski definition) is 4. The number of amides is 1. The van der Waals surface area contributed by atoms with E-state index in [1.54, 1.807) is 0 Å². The van der Waals surface area contributed by atoms with Gasteiger partial charge in [-0.2, -0.15) is 13.2 Å². The number of carbonyl (C=O) groups is 1. The topological polar surface area (TPSA) is 90.7 Å². The van der Waals surface area contributed by atoms with Gasteiger partial charge < -0.3 is 16.2 Å². The van der Waals surface area contributed by atoms with Crippen LogP contribution in [0.3, 0.4) is 0 Å². The molecule has 0 radical (unpaired) electrons. The summed E-state index contributed by atoms with van der Waals surface area (Å²) in [6, 6.07) is 3.29. The van der Waals surface area contributed by atoms with E-state index in [1.165, 1.54) is 13.0 Å². The first-order valence-electron chi connectivity index (χ1n) is 6.57. The highest BCUT2D eigenvalue weighted by molar-refractivity contribution is 5.93. The van der Waals surface area contributed by atoms with Crippen molar-refractivity contribution < 1.29 is 27.1 Å². The van der Waals surface area contributed by atoms with E-state index in [4.69, 9.17) is 16.2 Å². The average Bonchev–Trinajstić information content (AvgIpc) is 2.42. The van der Waals surface area contributed by atoms with Crippen LogP contribution < -0.4 is 11.5 Å². The highest BCUT2D eigenvalue weighted by atomic mass is 19.4. The van der Waals surface area contributed by atoms with Gasteiger partial charge in [0.15, 0.2) is 0 Å². The Balaban J connectivity index is 2.54. The number of nitrogens with zero attached hydrogens (tertiary/aromatic N) is 1. The summed E-state index contributed by atoms with van der Waals surface area (Å²) in [5, 5.41) is 0. The van der Waals surface area contributed by atoms with Crippen molar-refractivity contribution in [1.29, 1.82) is 0 Å². The van der Waals surface area contributed by atoms with Crippen molar-refractivity contribution >= 4 is 11.7 Å². The van der Waals surface area contributed by atoms with Crippen LogP contribution in [0.4, 0.5) is 17.6 Å². The molecule has 23 heavy (non-hydrogen) atoms. The summed E-state index contributed by atoms with van der Waals surface area (Å²) in [6.45, 7) is 1.55. The van der Waals surface area contributed by atoms with E-state index in [2.05, 4.69) is 4.99 Å². The van der Waals surface area contributed by atoms with E-state index in [0.29, 0.717) is 0 Å². The number of amidine groups is 1. The predicted molar refractivity (Wildman–Crippen MR) is 74.3 cm³/mol. The minimum absolute atomic E-state index is 0.000512. The molecule has 1 aromatic rings. The Hall–Kier alpha value is -2.16. The molecule has 1 aromatic carbocycles. The van der Waals surface area contributed by atoms with Gasteiger partial charge in [0.05, 0.1) is 6.61 Å². The predicted octanol–water partition coefficient (Wildman–Crippen LogP) is 1.85. The largest absolute Gasteiger partial charge is 0.424 e. The molecule has 0 bridgehead atoms. The van der Waals surface area contributed by atoms with Crippen molar-refractivity contribution in [3.05, 3.63) is 35.1 Å². The lowest BCUT2D eigenvalue weighted by molar-refractivity contribution is -0.249. The second kappa shape index (κ2) is 5.19. The van der Waals surface area contributed by atoms with E-state index in [-0.39, 0.29) is 11.1 Å². The molecular weight excluding hydrogens is 318 g/mol. The number of benzene rings is 1. The molecular formula is C14H15F4N3O2. The molecule has 1 heterocycles. The SMILES string of the molecule is C[C@@]1(c2cc(C(N)=O)ccc2F)CO[C@@](C)(C(F)(F)F)C(N)=N1. The summed E-state index contributed by atoms with van der Waals surface area (Å²) in [5.41, 5.74) is 6.20. The Bertz CT molecular complexity index is 689. The first-order valence-corrected chi connectivity index (χ1v) is 6.57. The molecule has 1 aliphatic heterocycles. The summed E-state index contributed by atoms with van der Waals surface area (Å²) in [7, 11) is 0. The Morgan fingerprint density at radius 1 is 1.35 bits per heavy atom. The van der Waals surface area contributed by atoms with Gasteiger partial charge in [0.2, 0.25) is 11.5 Å². The Labute approximate surface area is 129 Å². The fourth-order valence-electron chi connectivity index (χ4n) is 2.22. The van der Waals surface area contributed by atoms with Gasteiger partial charge in [0.25, 0.3) is 0 Å². The number of aliphatic imine (C=N–C) groups is 1. The molecule has 126 valence electrons. The van der Waals surface area contributed by atoms with E-state index in [1.807, 2.05) is 0 Å². The Morgan fingerprint density at radius 2 is 1.96 bits per heavy atom. The van der Waals surface area contributed by atoms with Gasteiger partial charge in [-0.05, 0) is 32.0 Å². The molecule has 5 nitrogen and oxygen atoms in total. The maximum atomic E-state index is 14.1. The molecule has 1 aliphatic rings. The summed E-state index contributed by atoms with van der Waals surface area (Å²) < 4.78 is 58.2. The molecule has 0 fully saturated rings. The van der Waals surface area contributed by atoms with Crippen molar-refractivity contribution in [3.63, 3.8) is 0 Å². The minimum Gasteiger partial charge on any atom is -0.385 e. The zero-order valence-electron chi connectivity index (χ0n) is 12.4. The lowest BCUT2D eigenvalue weighted by Gasteiger charge is -2.41. The number of primary amides is 1. The zero-order valence-corrected chi connectivity index (χ0v) is 12.4. The third kappa shape index (κ3) is 2.76. The Morgan fingerprint density at radius 3 is 2.43 bits per heavy atom. The number of hydrogen-bond donors (Lipinski definition) is 2. The van der Waals surface area contributed by atoms with Crippen LogP contribution in [-0.2, 0) is 10.3 Å². The van der Waals surface area contributed by atoms with Crippen molar-refractivity contribution in [2.45, 2.75) is 31.2 Å². The molecule has 4 N–H and O–H groups in total. The zero-order chi connectivity index (χ0) is 17.6. The molecule has 2 rings (SSSR count). The van der Waals surface area contributed by atoms with Gasteiger partial charge in [-0.3, -0.25) is 9.79 Å². The fraction of sp³-hybridized carbons (Fsp3) is 0.429. The first kappa shape index (κ1) is 17.2. The average molecular weight is 333 g/mol. The molecule has 1 amide bonds. The second-order valence-electron chi connectivity index (χ2n) is 5.65. The van der Waals surface area contributed by atoms with E-state index in [0.717, 1.165) is 19.1 Å². The lowest BCUT2D eigenvalue weighted by Crippen LogP contribution is -2.60. The van der Waals surface area contributed by atoms with Gasteiger partial charge in [-0.15, -0.1) is 0 Å². The highest BCUT2D eigenvalue weighted by Gasteiger charge is 2.59. The van der Waals surface area contributed by atoms with Crippen molar-refractivity contribution in [2.24, 2.45) is 16.5 Å². The molecule has 0 spiro atoms. The molecule has 9 heteroatoms. The van der Waals surface area contributed by atoms with Crippen LogP contribution in [0.2, 0.25) is 0 Å². The number of carbonyl (C=O) groups excluding carboxylic acids is 1. The monoisotopic (exact) mass is 333 g/mol. The molecule has 0 saturated carbocycles. The van der Waals surface area contributed by atoms with E-state index in [9.17, 15) is 22.4 Å². The highest BCUT2D eigenvalue weighted by Crippen LogP contribution is 2.41. The summed E-state index contributed by atoms with van der Waals surface area (Å²) in [6.07, 6.45) is -4.77. The van der Waals surface area contributed by atoms with Crippen LogP contribution in [-0.4, -0.2) is 30.1 Å². The standard InChI is InChI=1S/C14H15F4N3O2/c1-12(8-5-7(10(19)22)3-4-9(8)15)6-23-13(2,11(20)21-12)14(16,17)18/h3-5H,6H2,1-2H3,(H2,19,22)(H2,20,21)/t12-,13+/m0/s1. The van der Waals surface area contributed by atoms with Crippen molar-refractivity contribution in [3.8, 4) is 0 Å². The third-order valence-corrected chi connectivity index (χ3v) is 3.87. The lowest BCUT2D eigenvalue weighted by atomic mass is 9.88. The molecule has 0 saturated heterocycles. The number of halogens is 4. The van der Waals surface area contributed by atoms with Crippen molar-refractivity contribution in [2.75, 3.05) is 6.61 Å². The molecule has 0 aliphatic carbocycles. The number of alkyl halides is 3. The van der Waals surface area contributed by atoms with Gasteiger partial charge in [-0.25, -0.2) is 4.39 Å². The number of rotatable bonds is 2. The van der Waals surface area contributed by atoms with E-state index < -0.39 is 41.5 Å². The smallest absolute Gasteiger partial charge is 0.385 e. The number of nitrogens with two attached hydrogens (primary N) is 2. The van der Waals surface area contributed by atoms with Crippen molar-refractivity contribution in [1.82, 2.24) is 0 Å². The molecule has 2 atom stereocenters. The molecule has 0 aromatic heterocycles. The summed E-state index contributed by atoms with van der Waals surface area (Å²) >= 11 is 0. The van der Waals surface area contributed by atoms with Gasteiger partial charge in [0, 0.05) is 11.1 Å². The minimum atomic E-state index is -4.77. The normalized spacial score (nSPS) is 28.3. The maximum Gasteiger partial charge on any atom is 0.424 e. The number of ether oxygens (including phenoxy) is 1. The third-order valence-electron chi connectivity index (χ3n) is 3.87. The van der Waals surface area contributed by atoms with Gasteiger partial charge in [-0.1, -0.05) is 0 Å².